The van der Waals surface area contributed by atoms with E-state index in [4.69, 9.17) is 15.2 Å². The number of ether oxygens (including phenoxy) is 2. The SMILES string of the molecule is CC(NC(=O)COc1ccc(Oc2ccccc2)cc1)C(N)=O. The summed E-state index contributed by atoms with van der Waals surface area (Å²) in [5.74, 6) is 0.908. The Hall–Kier alpha value is -3.02. The third-order valence-corrected chi connectivity index (χ3v) is 2.98. The molecule has 0 saturated heterocycles. The number of rotatable bonds is 7. The molecule has 0 fully saturated rings. The fraction of sp³-hybridized carbons (Fsp3) is 0.176. The van der Waals surface area contributed by atoms with Crippen LogP contribution in [0.5, 0.6) is 17.2 Å². The van der Waals surface area contributed by atoms with Crippen LogP contribution in [-0.2, 0) is 9.59 Å². The van der Waals surface area contributed by atoms with Gasteiger partial charge in [-0.15, -0.1) is 0 Å². The Kier molecular flexibility index (Phi) is 5.57. The summed E-state index contributed by atoms with van der Waals surface area (Å²) >= 11 is 0. The first-order chi connectivity index (χ1) is 11.0. The fourth-order valence-corrected chi connectivity index (χ4v) is 1.73. The van der Waals surface area contributed by atoms with Crippen LogP contribution in [0, 0.1) is 0 Å². The molecule has 6 nitrogen and oxygen atoms in total. The highest BCUT2D eigenvalue weighted by Crippen LogP contribution is 2.23. The van der Waals surface area contributed by atoms with Gasteiger partial charge in [-0.1, -0.05) is 18.2 Å². The summed E-state index contributed by atoms with van der Waals surface area (Å²) in [4.78, 5) is 22.4. The van der Waals surface area contributed by atoms with Gasteiger partial charge in [0.2, 0.25) is 5.91 Å². The Bertz CT molecular complexity index is 656. The highest BCUT2D eigenvalue weighted by Gasteiger charge is 2.12. The number of benzene rings is 2. The van der Waals surface area contributed by atoms with E-state index in [9.17, 15) is 9.59 Å². The minimum absolute atomic E-state index is 0.198. The predicted molar refractivity (Wildman–Crippen MR) is 85.3 cm³/mol. The fourth-order valence-electron chi connectivity index (χ4n) is 1.73. The van der Waals surface area contributed by atoms with Crippen LogP contribution in [-0.4, -0.2) is 24.5 Å². The summed E-state index contributed by atoms with van der Waals surface area (Å²) in [6, 6.07) is 15.5. The van der Waals surface area contributed by atoms with Crippen LogP contribution in [0.3, 0.4) is 0 Å². The van der Waals surface area contributed by atoms with E-state index in [2.05, 4.69) is 5.32 Å². The van der Waals surface area contributed by atoms with Gasteiger partial charge in [-0.2, -0.15) is 0 Å². The summed E-state index contributed by atoms with van der Waals surface area (Å²) in [5.41, 5.74) is 5.06. The molecule has 0 aliphatic carbocycles. The number of para-hydroxylation sites is 1. The lowest BCUT2D eigenvalue weighted by Gasteiger charge is -2.11. The Balaban J connectivity index is 1.83. The van der Waals surface area contributed by atoms with Crippen molar-refractivity contribution in [3.05, 3.63) is 54.6 Å². The maximum absolute atomic E-state index is 11.6. The Labute approximate surface area is 134 Å². The molecule has 0 spiro atoms. The Morgan fingerprint density at radius 3 is 2.17 bits per heavy atom. The van der Waals surface area contributed by atoms with Gasteiger partial charge in [0.05, 0.1) is 0 Å². The average Bonchev–Trinajstić information content (AvgIpc) is 2.55. The van der Waals surface area contributed by atoms with Gasteiger partial charge in [0.1, 0.15) is 23.3 Å². The molecule has 2 rings (SSSR count). The zero-order chi connectivity index (χ0) is 16.7. The molecule has 2 amide bonds. The second kappa shape index (κ2) is 7.84. The molecule has 1 atom stereocenters. The molecule has 0 heterocycles. The first kappa shape index (κ1) is 16.4. The first-order valence-corrected chi connectivity index (χ1v) is 7.09. The molecule has 0 saturated carbocycles. The molecule has 0 radical (unpaired) electrons. The number of hydrogen-bond donors (Lipinski definition) is 2. The molecule has 0 aliphatic heterocycles. The topological polar surface area (TPSA) is 90.7 Å². The van der Waals surface area contributed by atoms with Crippen LogP contribution in [0.4, 0.5) is 0 Å². The van der Waals surface area contributed by atoms with E-state index < -0.39 is 17.9 Å². The second-order valence-corrected chi connectivity index (χ2v) is 4.87. The van der Waals surface area contributed by atoms with Crippen molar-refractivity contribution in [3.8, 4) is 17.2 Å². The smallest absolute Gasteiger partial charge is 0.258 e. The molecule has 0 bridgehead atoms. The van der Waals surface area contributed by atoms with Gasteiger partial charge in [-0.25, -0.2) is 0 Å². The van der Waals surface area contributed by atoms with Crippen LogP contribution >= 0.6 is 0 Å². The minimum atomic E-state index is -0.729. The maximum atomic E-state index is 11.6. The van der Waals surface area contributed by atoms with Gasteiger partial charge in [0, 0.05) is 0 Å². The largest absolute Gasteiger partial charge is 0.484 e. The van der Waals surface area contributed by atoms with Crippen molar-refractivity contribution >= 4 is 11.8 Å². The molecule has 23 heavy (non-hydrogen) atoms. The first-order valence-electron chi connectivity index (χ1n) is 7.09. The maximum Gasteiger partial charge on any atom is 0.258 e. The van der Waals surface area contributed by atoms with Crippen molar-refractivity contribution in [2.75, 3.05) is 6.61 Å². The minimum Gasteiger partial charge on any atom is -0.484 e. The van der Waals surface area contributed by atoms with E-state index in [0.29, 0.717) is 11.5 Å². The van der Waals surface area contributed by atoms with Crippen molar-refractivity contribution in [1.29, 1.82) is 0 Å². The molecule has 0 aromatic heterocycles. The molecular weight excluding hydrogens is 296 g/mol. The van der Waals surface area contributed by atoms with E-state index in [1.54, 1.807) is 24.3 Å². The Morgan fingerprint density at radius 1 is 1.00 bits per heavy atom. The summed E-state index contributed by atoms with van der Waals surface area (Å²) < 4.78 is 11.0. The summed E-state index contributed by atoms with van der Waals surface area (Å²) in [6.45, 7) is 1.31. The number of primary amides is 1. The van der Waals surface area contributed by atoms with Crippen LogP contribution in [0.1, 0.15) is 6.92 Å². The van der Waals surface area contributed by atoms with E-state index in [-0.39, 0.29) is 6.61 Å². The van der Waals surface area contributed by atoms with Crippen molar-refractivity contribution in [1.82, 2.24) is 5.32 Å². The number of carbonyl (C=O) groups is 2. The normalized spacial score (nSPS) is 11.3. The number of nitrogens with one attached hydrogen (secondary N) is 1. The summed E-state index contributed by atoms with van der Waals surface area (Å²) in [7, 11) is 0. The lowest BCUT2D eigenvalue weighted by atomic mass is 10.3. The molecular formula is C17H18N2O4. The van der Waals surface area contributed by atoms with Gasteiger partial charge in [-0.3, -0.25) is 9.59 Å². The quantitative estimate of drug-likeness (QED) is 0.816. The lowest BCUT2D eigenvalue weighted by Crippen LogP contribution is -2.44. The summed E-state index contributed by atoms with van der Waals surface area (Å²) in [6.07, 6.45) is 0. The van der Waals surface area contributed by atoms with E-state index in [0.717, 1.165) is 5.75 Å². The second-order valence-electron chi connectivity index (χ2n) is 4.87. The third-order valence-electron chi connectivity index (χ3n) is 2.98. The molecule has 3 N–H and O–H groups in total. The van der Waals surface area contributed by atoms with E-state index >= 15 is 0 Å². The van der Waals surface area contributed by atoms with Crippen LogP contribution < -0.4 is 20.5 Å². The van der Waals surface area contributed by atoms with Crippen LogP contribution in [0.15, 0.2) is 54.6 Å². The number of carbonyl (C=O) groups excluding carboxylic acids is 2. The highest BCUT2D eigenvalue weighted by atomic mass is 16.5. The van der Waals surface area contributed by atoms with Crippen molar-refractivity contribution in [2.45, 2.75) is 13.0 Å². The van der Waals surface area contributed by atoms with Crippen LogP contribution in [0.2, 0.25) is 0 Å². The van der Waals surface area contributed by atoms with E-state index in [1.807, 2.05) is 30.3 Å². The van der Waals surface area contributed by atoms with Gasteiger partial charge >= 0.3 is 0 Å². The number of nitrogens with two attached hydrogens (primary N) is 1. The van der Waals surface area contributed by atoms with Gasteiger partial charge in [0.25, 0.3) is 5.91 Å². The zero-order valence-electron chi connectivity index (χ0n) is 12.7. The monoisotopic (exact) mass is 314 g/mol. The van der Waals surface area contributed by atoms with Crippen molar-refractivity contribution < 1.29 is 19.1 Å². The van der Waals surface area contributed by atoms with Crippen molar-refractivity contribution in [2.24, 2.45) is 5.73 Å². The molecule has 2 aromatic carbocycles. The highest BCUT2D eigenvalue weighted by molar-refractivity contribution is 5.86. The summed E-state index contributed by atoms with van der Waals surface area (Å²) in [5, 5.41) is 2.43. The van der Waals surface area contributed by atoms with Gasteiger partial charge < -0.3 is 20.5 Å². The average molecular weight is 314 g/mol. The molecule has 1 unspecified atom stereocenters. The third kappa shape index (κ3) is 5.35. The van der Waals surface area contributed by atoms with E-state index in [1.165, 1.54) is 6.92 Å². The molecule has 120 valence electrons. The van der Waals surface area contributed by atoms with Crippen molar-refractivity contribution in [3.63, 3.8) is 0 Å². The lowest BCUT2D eigenvalue weighted by molar-refractivity contribution is -0.128. The predicted octanol–water partition coefficient (Wildman–Crippen LogP) is 1.85. The Morgan fingerprint density at radius 2 is 1.57 bits per heavy atom. The van der Waals surface area contributed by atoms with Gasteiger partial charge in [-0.05, 0) is 43.3 Å². The standard InChI is InChI=1S/C17H18N2O4/c1-12(17(18)21)19-16(20)11-22-13-7-9-15(10-8-13)23-14-5-3-2-4-6-14/h2-10,12H,11H2,1H3,(H2,18,21)(H,19,20). The molecule has 0 aliphatic rings. The molecule has 6 heteroatoms. The number of hydrogen-bond acceptors (Lipinski definition) is 4. The zero-order valence-corrected chi connectivity index (χ0v) is 12.7. The number of amides is 2. The molecule has 2 aromatic rings. The van der Waals surface area contributed by atoms with Gasteiger partial charge in [0.15, 0.2) is 6.61 Å². The van der Waals surface area contributed by atoms with Crippen LogP contribution in [0.25, 0.3) is 0 Å².